The fourth-order valence-electron chi connectivity index (χ4n) is 3.12. The minimum absolute atomic E-state index is 0.0145. The molecule has 0 aromatic heterocycles. The monoisotopic (exact) mass is 319 g/mol. The second-order valence-electron chi connectivity index (χ2n) is 5.77. The van der Waals surface area contributed by atoms with Crippen LogP contribution in [0.1, 0.15) is 24.8 Å². The minimum atomic E-state index is -0.526. The maximum Gasteiger partial charge on any atom is 0.287 e. The van der Waals surface area contributed by atoms with Gasteiger partial charge in [0.1, 0.15) is 11.6 Å². The van der Waals surface area contributed by atoms with Crippen LogP contribution < -0.4 is 5.32 Å². The number of ether oxygens (including phenoxy) is 1. The average Bonchev–Trinajstić information content (AvgIpc) is 2.94. The van der Waals surface area contributed by atoms with Gasteiger partial charge in [-0.2, -0.15) is 17.0 Å². The van der Waals surface area contributed by atoms with Gasteiger partial charge in [-0.05, 0) is 37.1 Å². The van der Waals surface area contributed by atoms with Gasteiger partial charge in [-0.3, -0.25) is 10.1 Å². The average molecular weight is 319 g/mol. The van der Waals surface area contributed by atoms with Crippen molar-refractivity contribution in [2.45, 2.75) is 30.9 Å². The highest BCUT2D eigenvalue weighted by molar-refractivity contribution is 7.99. The summed E-state index contributed by atoms with van der Waals surface area (Å²) in [6.45, 7) is 0.732. The molecule has 0 aliphatic carbocycles. The fraction of sp³-hybridized carbons (Fsp3) is 0.533. The molecule has 0 amide bonds. The largest absolute Gasteiger partial charge is 0.382 e. The van der Waals surface area contributed by atoms with Crippen molar-refractivity contribution in [2.75, 3.05) is 23.4 Å². The number of thioether (sulfide) groups is 1. The Labute approximate surface area is 133 Å². The number of nitriles is 1. The Morgan fingerprint density at radius 2 is 2.41 bits per heavy atom. The maximum absolute atomic E-state index is 10.9. The number of nitrogens with one attached hydrogen (secondary N) is 1. The van der Waals surface area contributed by atoms with Gasteiger partial charge in [-0.15, -0.1) is 0 Å². The van der Waals surface area contributed by atoms with Crippen molar-refractivity contribution in [3.05, 3.63) is 33.9 Å². The molecule has 1 N–H and O–H groups in total. The summed E-state index contributed by atoms with van der Waals surface area (Å²) in [7, 11) is 0. The van der Waals surface area contributed by atoms with Crippen molar-refractivity contribution in [1.29, 1.82) is 5.26 Å². The van der Waals surface area contributed by atoms with Gasteiger partial charge >= 0.3 is 0 Å². The lowest BCUT2D eigenvalue weighted by molar-refractivity contribution is -0.385. The smallest absolute Gasteiger partial charge is 0.287 e. The van der Waals surface area contributed by atoms with Gasteiger partial charge in [0.25, 0.3) is 5.69 Å². The molecule has 0 unspecified atom stereocenters. The molecule has 2 atom stereocenters. The first-order chi connectivity index (χ1) is 10.6. The zero-order chi connectivity index (χ0) is 15.6. The molecule has 0 saturated carbocycles. The number of nitrogens with zero attached hydrogens (tertiary/aromatic N) is 2. The molecule has 2 fully saturated rings. The molecule has 6 nitrogen and oxygen atoms in total. The van der Waals surface area contributed by atoms with Crippen LogP contribution in [0.5, 0.6) is 0 Å². The van der Waals surface area contributed by atoms with Crippen LogP contribution in [0.25, 0.3) is 0 Å². The summed E-state index contributed by atoms with van der Waals surface area (Å²) >= 11 is 1.93. The second kappa shape index (κ2) is 6.15. The number of benzene rings is 1. The molecule has 0 radical (unpaired) electrons. The molecular weight excluding hydrogens is 302 g/mol. The van der Waals surface area contributed by atoms with Crippen LogP contribution in [0.3, 0.4) is 0 Å². The van der Waals surface area contributed by atoms with E-state index in [2.05, 4.69) is 5.32 Å². The standard InChI is InChI=1S/C15H17N3O3S/c16-9-11-7-12(1-2-14(11)18(19)20)17-13-3-5-21-15(8-13)4-6-22-10-15/h1-2,7,13,17H,3-6,8,10H2/t13-,15+/m1/s1. The predicted molar refractivity (Wildman–Crippen MR) is 85.1 cm³/mol. The summed E-state index contributed by atoms with van der Waals surface area (Å²) in [6.07, 6.45) is 2.93. The molecule has 1 aromatic rings. The molecule has 1 aromatic carbocycles. The van der Waals surface area contributed by atoms with Crippen LogP contribution >= 0.6 is 11.8 Å². The van der Waals surface area contributed by atoms with E-state index in [1.165, 1.54) is 6.07 Å². The van der Waals surface area contributed by atoms with E-state index in [0.29, 0.717) is 0 Å². The Morgan fingerprint density at radius 1 is 1.55 bits per heavy atom. The van der Waals surface area contributed by atoms with Crippen molar-refractivity contribution in [3.8, 4) is 6.07 Å². The van der Waals surface area contributed by atoms with Crippen LogP contribution in [-0.4, -0.2) is 34.7 Å². The van der Waals surface area contributed by atoms with Crippen molar-refractivity contribution < 1.29 is 9.66 Å². The number of anilines is 1. The molecular formula is C15H17N3O3S. The van der Waals surface area contributed by atoms with Gasteiger partial charge in [0.2, 0.25) is 0 Å². The summed E-state index contributed by atoms with van der Waals surface area (Å²) in [5, 5.41) is 23.3. The minimum Gasteiger partial charge on any atom is -0.382 e. The zero-order valence-electron chi connectivity index (χ0n) is 12.1. The Bertz CT molecular complexity index is 623. The summed E-state index contributed by atoms with van der Waals surface area (Å²) in [6, 6.07) is 6.79. The summed E-state index contributed by atoms with van der Waals surface area (Å²) in [4.78, 5) is 10.3. The molecule has 2 heterocycles. The quantitative estimate of drug-likeness (QED) is 0.680. The number of nitro benzene ring substituents is 1. The van der Waals surface area contributed by atoms with Crippen molar-refractivity contribution in [1.82, 2.24) is 0 Å². The van der Waals surface area contributed by atoms with E-state index in [-0.39, 0.29) is 22.9 Å². The van der Waals surface area contributed by atoms with Gasteiger partial charge in [0.05, 0.1) is 10.5 Å². The predicted octanol–water partition coefficient (Wildman–Crippen LogP) is 2.93. The van der Waals surface area contributed by atoms with Crippen molar-refractivity contribution in [3.63, 3.8) is 0 Å². The lowest BCUT2D eigenvalue weighted by Crippen LogP contribution is -2.44. The topological polar surface area (TPSA) is 88.2 Å². The van der Waals surface area contributed by atoms with E-state index < -0.39 is 4.92 Å². The first-order valence-electron chi connectivity index (χ1n) is 7.29. The molecule has 116 valence electrons. The van der Waals surface area contributed by atoms with Crippen LogP contribution in [0.15, 0.2) is 18.2 Å². The third-order valence-electron chi connectivity index (χ3n) is 4.24. The summed E-state index contributed by atoms with van der Waals surface area (Å²) < 4.78 is 5.99. The van der Waals surface area contributed by atoms with Crippen LogP contribution in [0.2, 0.25) is 0 Å². The fourth-order valence-corrected chi connectivity index (χ4v) is 4.50. The molecule has 22 heavy (non-hydrogen) atoms. The molecule has 0 bridgehead atoms. The van der Waals surface area contributed by atoms with E-state index >= 15 is 0 Å². The van der Waals surface area contributed by atoms with E-state index in [0.717, 1.165) is 43.1 Å². The third kappa shape index (κ3) is 3.03. The van der Waals surface area contributed by atoms with Crippen molar-refractivity contribution in [2.24, 2.45) is 0 Å². The number of hydrogen-bond acceptors (Lipinski definition) is 6. The third-order valence-corrected chi connectivity index (χ3v) is 5.47. The van der Waals surface area contributed by atoms with Gasteiger partial charge < -0.3 is 10.1 Å². The molecule has 2 saturated heterocycles. The Hall–Kier alpha value is -1.78. The SMILES string of the molecule is N#Cc1cc(N[C@@H]2CCO[C@@]3(CCSC3)C2)ccc1[N+](=O)[O-]. The van der Waals surface area contributed by atoms with Gasteiger partial charge in [-0.1, -0.05) is 0 Å². The van der Waals surface area contributed by atoms with E-state index in [1.807, 2.05) is 17.8 Å². The highest BCUT2D eigenvalue weighted by Gasteiger charge is 2.40. The van der Waals surface area contributed by atoms with Crippen molar-refractivity contribution >= 4 is 23.1 Å². The number of hydrogen-bond donors (Lipinski definition) is 1. The van der Waals surface area contributed by atoms with E-state index in [4.69, 9.17) is 10.00 Å². The zero-order valence-corrected chi connectivity index (χ0v) is 12.9. The Morgan fingerprint density at radius 3 is 3.09 bits per heavy atom. The molecule has 1 spiro atoms. The molecule has 2 aliphatic rings. The van der Waals surface area contributed by atoms with Crippen LogP contribution in [0.4, 0.5) is 11.4 Å². The first-order valence-corrected chi connectivity index (χ1v) is 8.44. The summed E-state index contributed by atoms with van der Waals surface area (Å²) in [5.74, 6) is 2.18. The molecule has 2 aliphatic heterocycles. The van der Waals surface area contributed by atoms with Crippen LogP contribution in [0, 0.1) is 21.4 Å². The second-order valence-corrected chi connectivity index (χ2v) is 6.87. The Balaban J connectivity index is 1.73. The lowest BCUT2D eigenvalue weighted by atomic mass is 9.89. The first kappa shape index (κ1) is 15.1. The van der Waals surface area contributed by atoms with Crippen LogP contribution in [-0.2, 0) is 4.74 Å². The van der Waals surface area contributed by atoms with Gasteiger partial charge in [0.15, 0.2) is 0 Å². The highest BCUT2D eigenvalue weighted by Crippen LogP contribution is 2.39. The molecule has 3 rings (SSSR count). The van der Waals surface area contributed by atoms with Gasteiger partial charge in [-0.25, -0.2) is 0 Å². The number of rotatable bonds is 3. The van der Waals surface area contributed by atoms with Gasteiger partial charge in [0, 0.05) is 30.2 Å². The van der Waals surface area contributed by atoms with E-state index in [1.54, 1.807) is 12.1 Å². The molecule has 7 heteroatoms. The maximum atomic E-state index is 10.9. The summed E-state index contributed by atoms with van der Waals surface area (Å²) in [5.41, 5.74) is 0.686. The Kier molecular flexibility index (Phi) is 4.23. The van der Waals surface area contributed by atoms with E-state index in [9.17, 15) is 10.1 Å². The lowest BCUT2D eigenvalue weighted by Gasteiger charge is -2.38. The number of nitro groups is 1. The normalized spacial score (nSPS) is 27.5. The highest BCUT2D eigenvalue weighted by atomic mass is 32.2.